The maximum atomic E-state index is 14.0. The van der Waals surface area contributed by atoms with Crippen LogP contribution in [0.5, 0.6) is 5.75 Å². The van der Waals surface area contributed by atoms with E-state index in [0.717, 1.165) is 11.1 Å². The molecule has 0 saturated carbocycles. The molecule has 4 N–H and O–H groups in total. The van der Waals surface area contributed by atoms with Gasteiger partial charge in [-0.2, -0.15) is 5.10 Å². The van der Waals surface area contributed by atoms with Crippen molar-refractivity contribution in [2.24, 2.45) is 0 Å². The molecule has 1 atom stereocenters. The summed E-state index contributed by atoms with van der Waals surface area (Å²) in [5, 5.41) is 21.2. The number of urea groups is 1. The summed E-state index contributed by atoms with van der Waals surface area (Å²) < 4.78 is 25.1. The number of aromatic amines is 1. The molecule has 1 fully saturated rings. The van der Waals surface area contributed by atoms with E-state index in [-0.39, 0.29) is 19.1 Å². The van der Waals surface area contributed by atoms with Crippen LogP contribution in [-0.2, 0) is 9.53 Å². The summed E-state index contributed by atoms with van der Waals surface area (Å²) in [4.78, 5) is 27.9. The van der Waals surface area contributed by atoms with E-state index in [1.54, 1.807) is 41.6 Å². The van der Waals surface area contributed by atoms with Gasteiger partial charge in [0.25, 0.3) is 0 Å². The van der Waals surface area contributed by atoms with Crippen molar-refractivity contribution in [1.82, 2.24) is 20.4 Å². The van der Waals surface area contributed by atoms with Gasteiger partial charge in [-0.15, -0.1) is 0 Å². The van der Waals surface area contributed by atoms with Crippen molar-refractivity contribution >= 4 is 17.6 Å². The summed E-state index contributed by atoms with van der Waals surface area (Å²) in [6, 6.07) is 9.06. The van der Waals surface area contributed by atoms with Crippen LogP contribution in [-0.4, -0.2) is 71.7 Å². The van der Waals surface area contributed by atoms with Crippen LogP contribution in [0.3, 0.4) is 0 Å². The number of carbonyl (C=O) groups excluding carboxylic acids is 2. The summed E-state index contributed by atoms with van der Waals surface area (Å²) in [7, 11) is 0. The highest BCUT2D eigenvalue weighted by Gasteiger charge is 2.29. The number of aliphatic hydroxyl groups excluding tert-OH is 1. The highest BCUT2D eigenvalue weighted by molar-refractivity contribution is 5.95. The van der Waals surface area contributed by atoms with E-state index >= 15 is 0 Å². The third-order valence-electron chi connectivity index (χ3n) is 5.65. The minimum atomic E-state index is -1.09. The van der Waals surface area contributed by atoms with Gasteiger partial charge in [-0.05, 0) is 35.4 Å². The number of anilines is 1. The first-order valence-electron chi connectivity index (χ1n) is 11.6. The molecular weight excluding hydrogens is 469 g/mol. The quantitative estimate of drug-likeness (QED) is 0.337. The van der Waals surface area contributed by atoms with Crippen LogP contribution in [0.4, 0.5) is 14.9 Å². The Hall–Kier alpha value is -3.96. The molecule has 0 spiro atoms. The van der Waals surface area contributed by atoms with Crippen molar-refractivity contribution in [3.63, 3.8) is 0 Å². The second-order valence-corrected chi connectivity index (χ2v) is 8.15. The number of morpholine rings is 1. The number of benzene rings is 2. The molecule has 0 radical (unpaired) electrons. The molecule has 190 valence electrons. The Balaban J connectivity index is 1.54. The van der Waals surface area contributed by atoms with Gasteiger partial charge in [-0.25, -0.2) is 9.18 Å². The number of hydrogen-bond acceptors (Lipinski definition) is 6. The van der Waals surface area contributed by atoms with E-state index in [0.29, 0.717) is 49.7 Å². The Kier molecular flexibility index (Phi) is 8.48. The van der Waals surface area contributed by atoms with Crippen LogP contribution in [0.15, 0.2) is 54.9 Å². The molecule has 1 aliphatic rings. The van der Waals surface area contributed by atoms with Gasteiger partial charge in [-0.3, -0.25) is 9.89 Å². The highest BCUT2D eigenvalue weighted by atomic mass is 19.1. The third kappa shape index (κ3) is 6.37. The lowest BCUT2D eigenvalue weighted by molar-refractivity contribution is -0.137. The number of nitrogens with zero attached hydrogens (tertiary/aromatic N) is 2. The van der Waals surface area contributed by atoms with E-state index in [1.807, 2.05) is 0 Å². The van der Waals surface area contributed by atoms with Crippen LogP contribution in [0.2, 0.25) is 0 Å². The average Bonchev–Trinajstić information content (AvgIpc) is 3.44. The maximum Gasteiger partial charge on any atom is 0.320 e. The lowest BCUT2D eigenvalue weighted by atomic mass is 10.1. The first-order chi connectivity index (χ1) is 17.5. The van der Waals surface area contributed by atoms with Gasteiger partial charge in [0.2, 0.25) is 5.91 Å². The number of halogens is 1. The number of hydrogen-bond donors (Lipinski definition) is 4. The molecular formula is C25H28FN5O5. The van der Waals surface area contributed by atoms with Crippen LogP contribution in [0, 0.1) is 5.82 Å². The molecule has 36 heavy (non-hydrogen) atoms. The molecule has 0 bridgehead atoms. The molecule has 1 saturated heterocycles. The Bertz CT molecular complexity index is 1170. The summed E-state index contributed by atoms with van der Waals surface area (Å²) in [6.07, 6.45) is 3.80. The smallest absolute Gasteiger partial charge is 0.320 e. The van der Waals surface area contributed by atoms with Crippen molar-refractivity contribution < 1.29 is 28.6 Å². The van der Waals surface area contributed by atoms with E-state index in [4.69, 9.17) is 14.6 Å². The van der Waals surface area contributed by atoms with Crippen molar-refractivity contribution in [3.05, 3.63) is 66.2 Å². The molecule has 3 amide bonds. The minimum absolute atomic E-state index is 0.0381. The number of aromatic nitrogens is 2. The SMILES string of the molecule is O=C(Nc1ccc(-c2cn[nH]c2)cc1OCCCO)NC(C(=O)N1CCOCC1)c1cccc(F)c1. The van der Waals surface area contributed by atoms with Gasteiger partial charge >= 0.3 is 6.03 Å². The number of carbonyl (C=O) groups is 2. The topological polar surface area (TPSA) is 129 Å². The number of amides is 3. The molecule has 2 heterocycles. The summed E-state index contributed by atoms with van der Waals surface area (Å²) in [6.45, 7) is 1.75. The predicted octanol–water partition coefficient (Wildman–Crippen LogP) is 2.70. The largest absolute Gasteiger partial charge is 0.491 e. The lowest BCUT2D eigenvalue weighted by Gasteiger charge is -2.31. The fourth-order valence-electron chi connectivity index (χ4n) is 3.81. The second kappa shape index (κ2) is 12.1. The van der Waals surface area contributed by atoms with E-state index in [9.17, 15) is 14.0 Å². The molecule has 11 heteroatoms. The number of rotatable bonds is 9. The van der Waals surface area contributed by atoms with Gasteiger partial charge in [-0.1, -0.05) is 18.2 Å². The van der Waals surface area contributed by atoms with Crippen LogP contribution in [0.25, 0.3) is 11.1 Å². The predicted molar refractivity (Wildman–Crippen MR) is 130 cm³/mol. The van der Waals surface area contributed by atoms with Crippen molar-refractivity contribution in [2.45, 2.75) is 12.5 Å². The first-order valence-corrected chi connectivity index (χ1v) is 11.6. The van der Waals surface area contributed by atoms with Gasteiger partial charge in [0.1, 0.15) is 17.6 Å². The Labute approximate surface area is 207 Å². The van der Waals surface area contributed by atoms with Gasteiger partial charge in [0.05, 0.1) is 31.7 Å². The zero-order chi connectivity index (χ0) is 25.3. The Morgan fingerprint density at radius 3 is 2.75 bits per heavy atom. The van der Waals surface area contributed by atoms with E-state index in [1.165, 1.54) is 18.2 Å². The minimum Gasteiger partial charge on any atom is -0.491 e. The van der Waals surface area contributed by atoms with Crippen LogP contribution in [0.1, 0.15) is 18.0 Å². The number of H-pyrrole nitrogens is 1. The summed E-state index contributed by atoms with van der Waals surface area (Å²) in [5.74, 6) is -0.475. The lowest BCUT2D eigenvalue weighted by Crippen LogP contribution is -2.48. The van der Waals surface area contributed by atoms with Crippen molar-refractivity contribution in [1.29, 1.82) is 0 Å². The molecule has 2 aromatic carbocycles. The van der Waals surface area contributed by atoms with Crippen LogP contribution < -0.4 is 15.4 Å². The fourth-order valence-corrected chi connectivity index (χ4v) is 3.81. The second-order valence-electron chi connectivity index (χ2n) is 8.15. The average molecular weight is 498 g/mol. The Morgan fingerprint density at radius 1 is 1.19 bits per heavy atom. The molecule has 10 nitrogen and oxygen atoms in total. The fraction of sp³-hybridized carbons (Fsp3) is 0.320. The standard InChI is InChI=1S/C25H28FN5O5/c26-20-4-1-3-18(13-20)23(24(33)31-7-11-35-12-8-31)30-25(34)29-21-6-5-17(19-15-27-28-16-19)14-22(21)36-10-2-9-32/h1,3-6,13-16,23,32H,2,7-12H2,(H,27,28)(H2,29,30,34). The normalized spacial score (nSPS) is 14.2. The number of nitrogens with one attached hydrogen (secondary N) is 3. The number of aliphatic hydroxyl groups is 1. The van der Waals surface area contributed by atoms with E-state index < -0.39 is 17.9 Å². The molecule has 1 aromatic heterocycles. The monoisotopic (exact) mass is 497 g/mol. The van der Waals surface area contributed by atoms with E-state index in [2.05, 4.69) is 20.8 Å². The molecule has 4 rings (SSSR count). The molecule has 0 aliphatic carbocycles. The summed E-state index contributed by atoms with van der Waals surface area (Å²) in [5.41, 5.74) is 2.35. The van der Waals surface area contributed by atoms with Crippen molar-refractivity contribution in [3.8, 4) is 16.9 Å². The van der Waals surface area contributed by atoms with Gasteiger partial charge in [0, 0.05) is 37.9 Å². The molecule has 1 unspecified atom stereocenters. The van der Waals surface area contributed by atoms with Gasteiger partial charge in [0.15, 0.2) is 0 Å². The third-order valence-corrected chi connectivity index (χ3v) is 5.65. The van der Waals surface area contributed by atoms with Crippen molar-refractivity contribution in [2.75, 3.05) is 44.8 Å². The zero-order valence-electron chi connectivity index (χ0n) is 19.6. The van der Waals surface area contributed by atoms with Gasteiger partial charge < -0.3 is 30.1 Å². The molecule has 1 aliphatic heterocycles. The zero-order valence-corrected chi connectivity index (χ0v) is 19.6. The highest BCUT2D eigenvalue weighted by Crippen LogP contribution is 2.31. The molecule has 3 aromatic rings. The maximum absolute atomic E-state index is 14.0. The number of ether oxygens (including phenoxy) is 2. The summed E-state index contributed by atoms with van der Waals surface area (Å²) >= 11 is 0. The first kappa shape index (κ1) is 25.1. The van der Waals surface area contributed by atoms with Crippen LogP contribution >= 0.6 is 0 Å². The Morgan fingerprint density at radius 2 is 2.03 bits per heavy atom.